The average Bonchev–Trinajstić information content (AvgIpc) is 2.24. The molecule has 0 saturated carbocycles. The third-order valence-corrected chi connectivity index (χ3v) is 2.10. The molecule has 0 aromatic carbocycles. The highest BCUT2D eigenvalue weighted by Gasteiger charge is 2.20. The van der Waals surface area contributed by atoms with Crippen LogP contribution in [-0.4, -0.2) is 49.6 Å². The summed E-state index contributed by atoms with van der Waals surface area (Å²) in [5.74, 6) is -0.303. The molecule has 0 radical (unpaired) electrons. The van der Waals surface area contributed by atoms with Crippen LogP contribution in [0.3, 0.4) is 0 Å². The third-order valence-electron chi connectivity index (χ3n) is 2.10. The minimum Gasteiger partial charge on any atom is -0.372 e. The van der Waals surface area contributed by atoms with Gasteiger partial charge in [0.15, 0.2) is 0 Å². The highest BCUT2D eigenvalue weighted by molar-refractivity contribution is 5.86. The van der Waals surface area contributed by atoms with Crippen molar-refractivity contribution in [2.45, 2.75) is 26.9 Å². The van der Waals surface area contributed by atoms with Gasteiger partial charge in [0.2, 0.25) is 5.91 Å². The first-order valence-corrected chi connectivity index (χ1v) is 5.15. The summed E-state index contributed by atoms with van der Waals surface area (Å²) < 4.78 is 4.91. The van der Waals surface area contributed by atoms with E-state index in [1.54, 1.807) is 6.92 Å². The van der Waals surface area contributed by atoms with E-state index in [-0.39, 0.29) is 18.4 Å². The van der Waals surface area contributed by atoms with Crippen molar-refractivity contribution < 1.29 is 14.3 Å². The number of likely N-dealkylation sites (N-methyl/N-ethyl adjacent to an activating group) is 2. The Morgan fingerprint density at radius 1 is 1.40 bits per heavy atom. The number of nitrogens with zero attached hydrogens (tertiary/aromatic N) is 1. The number of methoxy groups -OCH3 is 1. The number of nitrogens with one attached hydrogen (secondary N) is 1. The molecule has 0 aliphatic carbocycles. The largest absolute Gasteiger partial charge is 0.372 e. The molecule has 1 atom stereocenters. The number of amides is 2. The molecular formula is C10H20N2O3. The predicted octanol–water partition coefficient (Wildman–Crippen LogP) is 0.00590. The zero-order chi connectivity index (χ0) is 11.8. The second-order valence-corrected chi connectivity index (χ2v) is 3.18. The molecule has 0 heterocycles. The molecule has 5 nitrogen and oxygen atoms in total. The number of carbonyl (C=O) groups is 2. The van der Waals surface area contributed by atoms with Gasteiger partial charge < -0.3 is 15.0 Å². The monoisotopic (exact) mass is 216 g/mol. The van der Waals surface area contributed by atoms with Crippen molar-refractivity contribution in [3.8, 4) is 0 Å². The van der Waals surface area contributed by atoms with Gasteiger partial charge in [0.25, 0.3) is 5.91 Å². The molecule has 0 fully saturated rings. The number of hydrogen-bond acceptors (Lipinski definition) is 3. The number of hydrogen-bond donors (Lipinski definition) is 1. The molecule has 1 unspecified atom stereocenters. The maximum absolute atomic E-state index is 11.7. The van der Waals surface area contributed by atoms with Crippen LogP contribution in [0.25, 0.3) is 0 Å². The fourth-order valence-corrected chi connectivity index (χ4v) is 1.13. The Labute approximate surface area is 90.8 Å². The normalized spacial score (nSPS) is 12.0. The zero-order valence-electron chi connectivity index (χ0n) is 9.87. The lowest BCUT2D eigenvalue weighted by Gasteiger charge is -2.22. The van der Waals surface area contributed by atoms with Crippen molar-refractivity contribution in [3.63, 3.8) is 0 Å². The number of rotatable bonds is 6. The van der Waals surface area contributed by atoms with Crippen LogP contribution in [-0.2, 0) is 14.3 Å². The van der Waals surface area contributed by atoms with Gasteiger partial charge in [-0.15, -0.1) is 0 Å². The van der Waals surface area contributed by atoms with Crippen molar-refractivity contribution in [1.82, 2.24) is 10.2 Å². The van der Waals surface area contributed by atoms with Gasteiger partial charge in [0, 0.05) is 20.2 Å². The highest BCUT2D eigenvalue weighted by Crippen LogP contribution is 1.97. The van der Waals surface area contributed by atoms with Crippen LogP contribution in [0.2, 0.25) is 0 Å². The highest BCUT2D eigenvalue weighted by atomic mass is 16.5. The molecule has 2 amide bonds. The standard InChI is InChI=1S/C10H20N2O3/c1-5-11-9(13)7-12(6-2)10(14)8(3)15-4/h8H,5-7H2,1-4H3,(H,11,13). The number of ether oxygens (including phenoxy) is 1. The first-order chi connectivity index (χ1) is 7.06. The van der Waals surface area contributed by atoms with Crippen LogP contribution in [0.1, 0.15) is 20.8 Å². The minimum absolute atomic E-state index is 0.0941. The zero-order valence-corrected chi connectivity index (χ0v) is 9.87. The summed E-state index contributed by atoms with van der Waals surface area (Å²) in [4.78, 5) is 24.4. The number of carbonyl (C=O) groups excluding carboxylic acids is 2. The Hall–Kier alpha value is -1.10. The molecule has 0 spiro atoms. The Balaban J connectivity index is 4.24. The molecule has 1 N–H and O–H groups in total. The summed E-state index contributed by atoms with van der Waals surface area (Å²) in [7, 11) is 1.47. The van der Waals surface area contributed by atoms with Crippen molar-refractivity contribution in [3.05, 3.63) is 0 Å². The minimum atomic E-state index is -0.501. The Morgan fingerprint density at radius 2 is 2.00 bits per heavy atom. The summed E-state index contributed by atoms with van der Waals surface area (Å²) in [6.45, 7) is 6.51. The van der Waals surface area contributed by atoms with E-state index in [9.17, 15) is 9.59 Å². The van der Waals surface area contributed by atoms with Crippen molar-refractivity contribution in [1.29, 1.82) is 0 Å². The van der Waals surface area contributed by atoms with E-state index in [4.69, 9.17) is 4.74 Å². The van der Waals surface area contributed by atoms with E-state index in [1.807, 2.05) is 13.8 Å². The topological polar surface area (TPSA) is 58.6 Å². The SMILES string of the molecule is CCNC(=O)CN(CC)C(=O)C(C)OC. The van der Waals surface area contributed by atoms with E-state index in [0.717, 1.165) is 0 Å². The van der Waals surface area contributed by atoms with Crippen molar-refractivity contribution in [2.24, 2.45) is 0 Å². The maximum atomic E-state index is 11.7. The van der Waals surface area contributed by atoms with Gasteiger partial charge in [0.1, 0.15) is 6.10 Å². The molecule has 0 saturated heterocycles. The predicted molar refractivity (Wildman–Crippen MR) is 57.4 cm³/mol. The molecular weight excluding hydrogens is 196 g/mol. The maximum Gasteiger partial charge on any atom is 0.251 e. The molecule has 0 aromatic rings. The van der Waals surface area contributed by atoms with E-state index < -0.39 is 6.10 Å². The Bertz CT molecular complexity index is 219. The first kappa shape index (κ1) is 13.9. The van der Waals surface area contributed by atoms with E-state index in [0.29, 0.717) is 13.1 Å². The van der Waals surface area contributed by atoms with Gasteiger partial charge in [-0.1, -0.05) is 0 Å². The van der Waals surface area contributed by atoms with Crippen LogP contribution in [0.5, 0.6) is 0 Å². The van der Waals surface area contributed by atoms with E-state index in [2.05, 4.69) is 5.32 Å². The smallest absolute Gasteiger partial charge is 0.251 e. The second-order valence-electron chi connectivity index (χ2n) is 3.18. The van der Waals surface area contributed by atoms with Gasteiger partial charge >= 0.3 is 0 Å². The Kier molecular flexibility index (Phi) is 6.70. The lowest BCUT2D eigenvalue weighted by molar-refractivity contribution is -0.143. The van der Waals surface area contributed by atoms with Gasteiger partial charge in [0.05, 0.1) is 6.54 Å². The first-order valence-electron chi connectivity index (χ1n) is 5.15. The van der Waals surface area contributed by atoms with Crippen LogP contribution >= 0.6 is 0 Å². The average molecular weight is 216 g/mol. The van der Waals surface area contributed by atoms with Crippen LogP contribution in [0.4, 0.5) is 0 Å². The van der Waals surface area contributed by atoms with Crippen LogP contribution in [0, 0.1) is 0 Å². The summed E-state index contributed by atoms with van der Waals surface area (Å²) in [5, 5.41) is 2.65. The lowest BCUT2D eigenvalue weighted by Crippen LogP contribution is -2.44. The van der Waals surface area contributed by atoms with E-state index in [1.165, 1.54) is 12.0 Å². The fourth-order valence-electron chi connectivity index (χ4n) is 1.13. The van der Waals surface area contributed by atoms with E-state index >= 15 is 0 Å². The summed E-state index contributed by atoms with van der Waals surface area (Å²) >= 11 is 0. The van der Waals surface area contributed by atoms with Crippen molar-refractivity contribution in [2.75, 3.05) is 26.7 Å². The lowest BCUT2D eigenvalue weighted by atomic mass is 10.3. The quantitative estimate of drug-likeness (QED) is 0.680. The molecule has 0 aliphatic heterocycles. The van der Waals surface area contributed by atoms with Gasteiger partial charge in [-0.25, -0.2) is 0 Å². The van der Waals surface area contributed by atoms with Crippen LogP contribution in [0.15, 0.2) is 0 Å². The van der Waals surface area contributed by atoms with Gasteiger partial charge in [-0.3, -0.25) is 9.59 Å². The third kappa shape index (κ3) is 4.78. The Morgan fingerprint density at radius 3 is 2.40 bits per heavy atom. The van der Waals surface area contributed by atoms with Crippen LogP contribution < -0.4 is 5.32 Å². The summed E-state index contributed by atoms with van der Waals surface area (Å²) in [6, 6.07) is 0. The molecule has 5 heteroatoms. The molecule has 15 heavy (non-hydrogen) atoms. The molecule has 0 bridgehead atoms. The summed E-state index contributed by atoms with van der Waals surface area (Å²) in [6.07, 6.45) is -0.501. The molecule has 0 aromatic heterocycles. The molecule has 0 rings (SSSR count). The molecule has 88 valence electrons. The fraction of sp³-hybridized carbons (Fsp3) is 0.800. The summed E-state index contributed by atoms with van der Waals surface area (Å²) in [5.41, 5.74) is 0. The van der Waals surface area contributed by atoms with Gasteiger partial charge in [-0.05, 0) is 20.8 Å². The van der Waals surface area contributed by atoms with Crippen molar-refractivity contribution >= 4 is 11.8 Å². The van der Waals surface area contributed by atoms with Gasteiger partial charge in [-0.2, -0.15) is 0 Å². The molecule has 0 aliphatic rings. The second kappa shape index (κ2) is 7.23.